The summed E-state index contributed by atoms with van der Waals surface area (Å²) in [5.41, 5.74) is 0.298. The van der Waals surface area contributed by atoms with Gasteiger partial charge in [-0.2, -0.15) is 0 Å². The topological polar surface area (TPSA) is 103 Å². The number of rotatable bonds is 5. The van der Waals surface area contributed by atoms with Crippen LogP contribution in [0, 0.1) is 11.8 Å². The first-order valence-corrected chi connectivity index (χ1v) is 11.9. The van der Waals surface area contributed by atoms with Crippen molar-refractivity contribution in [3.63, 3.8) is 0 Å². The third kappa shape index (κ3) is 7.83. The van der Waals surface area contributed by atoms with Crippen molar-refractivity contribution in [3.8, 4) is 0 Å². The van der Waals surface area contributed by atoms with Gasteiger partial charge in [0.1, 0.15) is 17.5 Å². The summed E-state index contributed by atoms with van der Waals surface area (Å²) < 4.78 is 12.6. The van der Waals surface area contributed by atoms with Gasteiger partial charge in [0.25, 0.3) is 0 Å². The summed E-state index contributed by atoms with van der Waals surface area (Å²) in [7, 11) is 0. The van der Waals surface area contributed by atoms with Crippen LogP contribution in [-0.4, -0.2) is 56.8 Å². The van der Waals surface area contributed by atoms with Gasteiger partial charge in [-0.1, -0.05) is 12.1 Å². The lowest BCUT2D eigenvalue weighted by Crippen LogP contribution is -2.38. The van der Waals surface area contributed by atoms with Crippen LogP contribution in [0.4, 0.5) is 15.3 Å². The monoisotopic (exact) mass is 484 g/mol. The van der Waals surface area contributed by atoms with Crippen molar-refractivity contribution in [2.24, 2.45) is 11.8 Å². The number of aromatic nitrogens is 2. The first-order valence-electron chi connectivity index (χ1n) is 11.9. The summed E-state index contributed by atoms with van der Waals surface area (Å²) in [5, 5.41) is 2.84. The van der Waals surface area contributed by atoms with E-state index < -0.39 is 17.1 Å². The third-order valence-corrected chi connectivity index (χ3v) is 5.53. The largest absolute Gasteiger partial charge is 0.460 e. The fourth-order valence-corrected chi connectivity index (χ4v) is 4.03. The molecule has 0 aliphatic carbocycles. The van der Waals surface area contributed by atoms with E-state index in [1.807, 2.05) is 59.7 Å². The molecule has 9 nitrogen and oxygen atoms in total. The maximum Gasteiger partial charge on any atom is 0.410 e. The van der Waals surface area contributed by atoms with Gasteiger partial charge >= 0.3 is 18.1 Å². The highest BCUT2D eigenvalue weighted by atomic mass is 16.6. The lowest BCUT2D eigenvalue weighted by molar-refractivity contribution is -0.161. The number of imidazole rings is 1. The molecule has 0 saturated carbocycles. The van der Waals surface area contributed by atoms with Crippen LogP contribution in [0.15, 0.2) is 43.0 Å². The van der Waals surface area contributed by atoms with Gasteiger partial charge in [-0.3, -0.25) is 9.36 Å². The Balaban J connectivity index is 1.75. The molecule has 1 saturated heterocycles. The molecular formula is C26H36N4O5. The molecule has 1 fully saturated rings. The number of carbonyl (C=O) groups excluding carboxylic acids is 3. The molecule has 1 aliphatic heterocycles. The van der Waals surface area contributed by atoms with Gasteiger partial charge < -0.3 is 19.7 Å². The van der Waals surface area contributed by atoms with E-state index in [0.29, 0.717) is 31.6 Å². The van der Waals surface area contributed by atoms with Crippen LogP contribution in [0.25, 0.3) is 0 Å². The van der Waals surface area contributed by atoms with E-state index in [-0.39, 0.29) is 24.0 Å². The number of benzene rings is 1. The third-order valence-electron chi connectivity index (χ3n) is 5.53. The van der Waals surface area contributed by atoms with Crippen molar-refractivity contribution in [1.29, 1.82) is 0 Å². The average molecular weight is 485 g/mol. The van der Waals surface area contributed by atoms with E-state index in [1.54, 1.807) is 17.2 Å². The maximum absolute atomic E-state index is 13.2. The van der Waals surface area contributed by atoms with E-state index in [0.717, 1.165) is 5.56 Å². The van der Waals surface area contributed by atoms with Crippen molar-refractivity contribution in [3.05, 3.63) is 48.5 Å². The second kappa shape index (κ2) is 10.5. The molecule has 0 spiro atoms. The molecule has 0 bridgehead atoms. The van der Waals surface area contributed by atoms with Crippen LogP contribution in [0.5, 0.6) is 0 Å². The Morgan fingerprint density at radius 2 is 1.83 bits per heavy atom. The van der Waals surface area contributed by atoms with Gasteiger partial charge in [-0.15, -0.1) is 0 Å². The molecule has 9 heteroatoms. The van der Waals surface area contributed by atoms with Crippen molar-refractivity contribution in [2.75, 3.05) is 18.4 Å². The zero-order valence-electron chi connectivity index (χ0n) is 21.4. The number of nitrogens with one attached hydrogen (secondary N) is 1. The second-order valence-corrected chi connectivity index (χ2v) is 10.9. The summed E-state index contributed by atoms with van der Waals surface area (Å²) in [6.07, 6.45) is 5.26. The second-order valence-electron chi connectivity index (χ2n) is 10.9. The molecule has 35 heavy (non-hydrogen) atoms. The van der Waals surface area contributed by atoms with Gasteiger partial charge in [0, 0.05) is 31.2 Å². The Morgan fingerprint density at radius 1 is 1.11 bits per heavy atom. The van der Waals surface area contributed by atoms with E-state index >= 15 is 0 Å². The number of ether oxygens (including phenoxy) is 2. The number of anilines is 1. The summed E-state index contributed by atoms with van der Waals surface area (Å²) >= 11 is 0. The van der Waals surface area contributed by atoms with Crippen LogP contribution in [0.3, 0.4) is 0 Å². The van der Waals surface area contributed by atoms with Crippen molar-refractivity contribution in [1.82, 2.24) is 14.5 Å². The highest BCUT2D eigenvalue weighted by molar-refractivity contribution is 5.90. The number of likely N-dealkylation sites (tertiary alicyclic amines) is 1. The molecule has 0 unspecified atom stereocenters. The Bertz CT molecular complexity index is 1040. The molecule has 1 aliphatic rings. The van der Waals surface area contributed by atoms with E-state index in [1.165, 1.54) is 17.1 Å². The number of esters is 1. The molecule has 2 heterocycles. The predicted octanol–water partition coefficient (Wildman–Crippen LogP) is 4.72. The molecule has 1 aromatic carbocycles. The van der Waals surface area contributed by atoms with Gasteiger partial charge in [-0.25, -0.2) is 14.6 Å². The van der Waals surface area contributed by atoms with Gasteiger partial charge in [-0.05, 0) is 78.0 Å². The predicted molar refractivity (Wildman–Crippen MR) is 132 cm³/mol. The molecule has 0 radical (unpaired) electrons. The van der Waals surface area contributed by atoms with Crippen LogP contribution >= 0.6 is 0 Å². The molecule has 2 atom stereocenters. The Kier molecular flexibility index (Phi) is 7.87. The van der Waals surface area contributed by atoms with Crippen molar-refractivity contribution >= 4 is 23.8 Å². The fraction of sp³-hybridized carbons (Fsp3) is 0.538. The molecule has 2 amide bonds. The quantitative estimate of drug-likeness (QED) is 0.616. The SMILES string of the molecule is CC(C)(C)OC(=O)[C@@H](Cc1cccc(NC(=O)n2ccnc2)c1)[C@H]1CCN(C(=O)OC(C)(C)C)C1. The number of hydrogen-bond acceptors (Lipinski definition) is 6. The molecule has 1 aromatic heterocycles. The van der Waals surface area contributed by atoms with Crippen LogP contribution in [0.2, 0.25) is 0 Å². The van der Waals surface area contributed by atoms with Crippen LogP contribution in [-0.2, 0) is 20.7 Å². The Hall–Kier alpha value is -3.36. The highest BCUT2D eigenvalue weighted by Crippen LogP contribution is 2.31. The number of nitrogens with zero attached hydrogens (tertiary/aromatic N) is 3. The van der Waals surface area contributed by atoms with Gasteiger partial charge in [0.05, 0.1) is 5.92 Å². The van der Waals surface area contributed by atoms with Gasteiger partial charge in [0.2, 0.25) is 0 Å². The molecule has 2 aromatic rings. The molecular weight excluding hydrogens is 448 g/mol. The first kappa shape index (κ1) is 26.2. The lowest BCUT2D eigenvalue weighted by Gasteiger charge is -2.28. The number of hydrogen-bond donors (Lipinski definition) is 1. The van der Waals surface area contributed by atoms with Crippen molar-refractivity contribution in [2.45, 2.75) is 65.6 Å². The summed E-state index contributed by atoms with van der Waals surface area (Å²) in [5.74, 6) is -0.802. The fourth-order valence-electron chi connectivity index (χ4n) is 4.03. The minimum absolute atomic E-state index is 0.0680. The Labute approximate surface area is 206 Å². The maximum atomic E-state index is 13.2. The highest BCUT2D eigenvalue weighted by Gasteiger charge is 2.39. The minimum atomic E-state index is -0.626. The molecule has 190 valence electrons. The van der Waals surface area contributed by atoms with Gasteiger partial charge in [0.15, 0.2) is 0 Å². The van der Waals surface area contributed by atoms with Crippen LogP contribution in [0.1, 0.15) is 53.5 Å². The van der Waals surface area contributed by atoms with Crippen molar-refractivity contribution < 1.29 is 23.9 Å². The first-order chi connectivity index (χ1) is 16.3. The smallest absolute Gasteiger partial charge is 0.410 e. The molecule has 1 N–H and O–H groups in total. The number of carbonyl (C=O) groups is 3. The summed E-state index contributed by atoms with van der Waals surface area (Å²) in [6, 6.07) is 7.08. The van der Waals surface area contributed by atoms with E-state index in [4.69, 9.17) is 9.47 Å². The Morgan fingerprint density at radius 3 is 2.46 bits per heavy atom. The number of amides is 2. The average Bonchev–Trinajstić information content (AvgIpc) is 3.42. The standard InChI is InChI=1S/C26H36N4O5/c1-25(2,3)34-22(31)21(19-10-12-29(16-19)24(33)35-26(4,5)6)15-18-8-7-9-20(14-18)28-23(32)30-13-11-27-17-30/h7-9,11,13-14,17,19,21H,10,12,15-16H2,1-6H3,(H,28,32)/t19-,21-/m0/s1. The normalized spacial score (nSPS) is 17.1. The minimum Gasteiger partial charge on any atom is -0.460 e. The lowest BCUT2D eigenvalue weighted by atomic mass is 9.86. The zero-order valence-corrected chi connectivity index (χ0v) is 21.4. The van der Waals surface area contributed by atoms with E-state index in [2.05, 4.69) is 10.3 Å². The zero-order chi connectivity index (χ0) is 25.8. The summed E-state index contributed by atoms with van der Waals surface area (Å²) in [4.78, 5) is 43.7. The summed E-state index contributed by atoms with van der Waals surface area (Å²) in [6.45, 7) is 12.0. The van der Waals surface area contributed by atoms with Crippen LogP contribution < -0.4 is 5.32 Å². The van der Waals surface area contributed by atoms with E-state index in [9.17, 15) is 14.4 Å². The molecule has 3 rings (SSSR count).